The molecule has 0 saturated carbocycles. The fourth-order valence-electron chi connectivity index (χ4n) is 1.31. The molecule has 0 spiro atoms. The van der Waals surface area contributed by atoms with Gasteiger partial charge in [0.25, 0.3) is 3.12 Å². The van der Waals surface area contributed by atoms with Crippen LogP contribution in [0.15, 0.2) is 42.5 Å². The normalized spacial score (nSPS) is 11.7. The molecule has 0 aromatic heterocycles. The van der Waals surface area contributed by atoms with Crippen LogP contribution in [0, 0.1) is 0 Å². The zero-order valence-corrected chi connectivity index (χ0v) is 11.1. The molecule has 0 aliphatic heterocycles. The van der Waals surface area contributed by atoms with Crippen LogP contribution in [0.2, 0.25) is 0 Å². The lowest BCUT2D eigenvalue weighted by Crippen LogP contribution is -1.97. The summed E-state index contributed by atoms with van der Waals surface area (Å²) < 4.78 is 3.83. The summed E-state index contributed by atoms with van der Waals surface area (Å²) in [6, 6.07) is 13.7. The van der Waals surface area contributed by atoms with Crippen LogP contribution < -0.4 is 4.18 Å². The standard InChI is InChI=1S/C11H7Cl3OS/c12-11(13,14)16-15-10-6-5-8-3-1-2-4-9(8)7-10/h1-7H. The van der Waals surface area contributed by atoms with Crippen LogP contribution in [0.5, 0.6) is 5.75 Å². The molecule has 84 valence electrons. The van der Waals surface area contributed by atoms with Crippen LogP contribution >= 0.6 is 46.8 Å². The van der Waals surface area contributed by atoms with E-state index in [2.05, 4.69) is 0 Å². The first-order valence-electron chi connectivity index (χ1n) is 4.46. The van der Waals surface area contributed by atoms with Gasteiger partial charge in [0, 0.05) is 0 Å². The number of benzene rings is 2. The maximum absolute atomic E-state index is 5.57. The molecule has 5 heteroatoms. The summed E-state index contributed by atoms with van der Waals surface area (Å²) >= 11 is 17.5. The molecule has 0 amide bonds. The number of alkyl halides is 3. The van der Waals surface area contributed by atoms with Gasteiger partial charge in [0.15, 0.2) is 0 Å². The van der Waals surface area contributed by atoms with Crippen molar-refractivity contribution < 1.29 is 4.18 Å². The maximum Gasteiger partial charge on any atom is 0.274 e. The molecular weight excluding hydrogens is 287 g/mol. The SMILES string of the molecule is ClC(Cl)(Cl)SOc1ccc2ccccc2c1. The Bertz CT molecular complexity index is 496. The molecule has 0 unspecified atom stereocenters. The predicted molar refractivity (Wildman–Crippen MR) is 72.5 cm³/mol. The molecule has 1 nitrogen and oxygen atoms in total. The van der Waals surface area contributed by atoms with Gasteiger partial charge in [-0.2, -0.15) is 0 Å². The van der Waals surface area contributed by atoms with E-state index >= 15 is 0 Å². The van der Waals surface area contributed by atoms with Crippen LogP contribution in [0.3, 0.4) is 0 Å². The van der Waals surface area contributed by atoms with Crippen molar-refractivity contribution in [3.05, 3.63) is 42.5 Å². The van der Waals surface area contributed by atoms with E-state index in [4.69, 9.17) is 39.0 Å². The minimum absolute atomic E-state index is 0.662. The van der Waals surface area contributed by atoms with Gasteiger partial charge in [0.2, 0.25) is 0 Å². The molecule has 0 fully saturated rings. The molecule has 0 N–H and O–H groups in total. The summed E-state index contributed by atoms with van der Waals surface area (Å²) in [5.41, 5.74) is 0. The number of fused-ring (bicyclic) bond motifs is 1. The van der Waals surface area contributed by atoms with Gasteiger partial charge in [-0.05, 0) is 22.9 Å². The Morgan fingerprint density at radius 3 is 2.31 bits per heavy atom. The van der Waals surface area contributed by atoms with E-state index in [9.17, 15) is 0 Å². The third-order valence-corrected chi connectivity index (χ3v) is 2.99. The number of rotatable bonds is 2. The molecule has 0 aliphatic rings. The fraction of sp³-hybridized carbons (Fsp3) is 0.0909. The van der Waals surface area contributed by atoms with Crippen molar-refractivity contribution in [2.75, 3.05) is 0 Å². The van der Waals surface area contributed by atoms with Crippen LogP contribution in [0.25, 0.3) is 10.8 Å². The third kappa shape index (κ3) is 3.36. The largest absolute Gasteiger partial charge is 0.421 e. The molecule has 0 aliphatic carbocycles. The Balaban J connectivity index is 2.20. The Morgan fingerprint density at radius 1 is 0.938 bits per heavy atom. The molecule has 2 aromatic rings. The van der Waals surface area contributed by atoms with Crippen LogP contribution in [-0.2, 0) is 0 Å². The quantitative estimate of drug-likeness (QED) is 0.556. The molecule has 0 saturated heterocycles. The first kappa shape index (κ1) is 12.2. The molecule has 2 rings (SSSR count). The highest BCUT2D eigenvalue weighted by atomic mass is 35.6. The molecular formula is C11H7Cl3OS. The van der Waals surface area contributed by atoms with E-state index in [1.54, 1.807) is 0 Å². The fourth-order valence-corrected chi connectivity index (χ4v) is 1.89. The topological polar surface area (TPSA) is 9.23 Å². The molecule has 0 radical (unpaired) electrons. The average Bonchev–Trinajstić information content (AvgIpc) is 2.25. The predicted octanol–water partition coefficient (Wildman–Crippen LogP) is 5.19. The first-order chi connectivity index (χ1) is 7.54. The van der Waals surface area contributed by atoms with Crippen LogP contribution in [0.1, 0.15) is 0 Å². The second kappa shape index (κ2) is 4.92. The first-order valence-corrected chi connectivity index (χ1v) is 6.33. The minimum Gasteiger partial charge on any atom is -0.421 e. The van der Waals surface area contributed by atoms with E-state index in [-0.39, 0.29) is 0 Å². The Kier molecular flexibility index (Phi) is 3.75. The number of hydrogen-bond donors (Lipinski definition) is 0. The third-order valence-electron chi connectivity index (χ3n) is 1.95. The maximum atomic E-state index is 5.57. The summed E-state index contributed by atoms with van der Waals surface area (Å²) in [6.45, 7) is 0. The molecule has 0 bridgehead atoms. The number of hydrogen-bond acceptors (Lipinski definition) is 2. The minimum atomic E-state index is -1.47. The average molecular weight is 294 g/mol. The van der Waals surface area contributed by atoms with Crippen LogP contribution in [0.4, 0.5) is 0 Å². The van der Waals surface area contributed by atoms with Gasteiger partial charge in [0.1, 0.15) is 17.8 Å². The second-order valence-corrected chi connectivity index (χ2v) is 7.02. The summed E-state index contributed by atoms with van der Waals surface area (Å²) in [5.74, 6) is 0.662. The summed E-state index contributed by atoms with van der Waals surface area (Å²) in [4.78, 5) is 0. The van der Waals surface area contributed by atoms with E-state index in [1.165, 1.54) is 0 Å². The van der Waals surface area contributed by atoms with E-state index in [0.29, 0.717) is 5.75 Å². The second-order valence-electron chi connectivity index (χ2n) is 3.12. The molecule has 0 atom stereocenters. The van der Waals surface area contributed by atoms with Gasteiger partial charge in [0.05, 0.1) is 0 Å². The zero-order valence-electron chi connectivity index (χ0n) is 7.99. The van der Waals surface area contributed by atoms with E-state index in [1.807, 2.05) is 42.5 Å². The highest BCUT2D eigenvalue weighted by molar-refractivity contribution is 8.00. The Hall–Kier alpha value is -0.280. The molecule has 16 heavy (non-hydrogen) atoms. The van der Waals surface area contributed by atoms with E-state index < -0.39 is 3.12 Å². The summed E-state index contributed by atoms with van der Waals surface area (Å²) in [5, 5.41) is 2.23. The van der Waals surface area contributed by atoms with Crippen molar-refractivity contribution in [2.45, 2.75) is 3.12 Å². The van der Waals surface area contributed by atoms with Gasteiger partial charge < -0.3 is 4.18 Å². The lowest BCUT2D eigenvalue weighted by atomic mass is 10.1. The summed E-state index contributed by atoms with van der Waals surface area (Å²) in [6.07, 6.45) is 0. The zero-order chi connectivity index (χ0) is 11.6. The lowest BCUT2D eigenvalue weighted by molar-refractivity contribution is 0.648. The molecule has 2 aromatic carbocycles. The summed E-state index contributed by atoms with van der Waals surface area (Å²) in [7, 11) is 0. The van der Waals surface area contributed by atoms with Gasteiger partial charge >= 0.3 is 0 Å². The highest BCUT2D eigenvalue weighted by Gasteiger charge is 2.22. The van der Waals surface area contributed by atoms with Crippen molar-refractivity contribution in [3.8, 4) is 5.75 Å². The smallest absolute Gasteiger partial charge is 0.274 e. The van der Waals surface area contributed by atoms with Gasteiger partial charge in [-0.25, -0.2) is 0 Å². The van der Waals surface area contributed by atoms with Gasteiger partial charge in [-0.15, -0.1) is 0 Å². The van der Waals surface area contributed by atoms with Crippen molar-refractivity contribution in [1.82, 2.24) is 0 Å². The van der Waals surface area contributed by atoms with Crippen molar-refractivity contribution in [1.29, 1.82) is 0 Å². The van der Waals surface area contributed by atoms with Crippen molar-refractivity contribution in [3.63, 3.8) is 0 Å². The monoisotopic (exact) mass is 292 g/mol. The highest BCUT2D eigenvalue weighted by Crippen LogP contribution is 2.40. The van der Waals surface area contributed by atoms with Gasteiger partial charge in [-0.1, -0.05) is 65.1 Å². The Labute approximate surface area is 113 Å². The Morgan fingerprint density at radius 2 is 1.62 bits per heavy atom. The lowest BCUT2D eigenvalue weighted by Gasteiger charge is -2.10. The van der Waals surface area contributed by atoms with Crippen molar-refractivity contribution in [2.24, 2.45) is 0 Å². The van der Waals surface area contributed by atoms with Gasteiger partial charge in [-0.3, -0.25) is 0 Å². The molecule has 0 heterocycles. The number of halogens is 3. The van der Waals surface area contributed by atoms with Crippen LogP contribution in [-0.4, -0.2) is 3.12 Å². The van der Waals surface area contributed by atoms with E-state index in [0.717, 1.165) is 22.8 Å². The van der Waals surface area contributed by atoms with Crippen molar-refractivity contribution >= 4 is 57.6 Å².